The number of benzene rings is 3. The molecule has 2 aliphatic rings. The molecule has 4 N–H and O–H groups in total. The van der Waals surface area contributed by atoms with Crippen molar-refractivity contribution in [2.75, 3.05) is 23.0 Å². The molecule has 1 fully saturated rings. The van der Waals surface area contributed by atoms with E-state index in [0.29, 0.717) is 20.1 Å². The molecule has 2 amide bonds. The number of hydrogen-bond acceptors (Lipinski definition) is 9. The number of nitrogens with one attached hydrogen (secondary N) is 1. The van der Waals surface area contributed by atoms with Gasteiger partial charge in [-0.3, -0.25) is 14.5 Å². The van der Waals surface area contributed by atoms with Crippen molar-refractivity contribution in [1.29, 1.82) is 0 Å². The van der Waals surface area contributed by atoms with Crippen molar-refractivity contribution in [2.45, 2.75) is 17.5 Å². The van der Waals surface area contributed by atoms with E-state index in [4.69, 9.17) is 15.6 Å². The first-order valence-electron chi connectivity index (χ1n) is 14.2. The smallest absolute Gasteiger partial charge is 0.353 e. The number of oxime groups is 1. The van der Waals surface area contributed by atoms with Crippen molar-refractivity contribution in [3.8, 4) is 0 Å². The predicted molar refractivity (Wildman–Crippen MR) is 187 cm³/mol. The first-order chi connectivity index (χ1) is 22.3. The van der Waals surface area contributed by atoms with Crippen LogP contribution in [-0.2, 0) is 24.6 Å². The Morgan fingerprint density at radius 1 is 1.04 bits per heavy atom. The zero-order valence-corrected chi connectivity index (χ0v) is 28.2. The van der Waals surface area contributed by atoms with Crippen LogP contribution in [0, 0.1) is 0 Å². The number of hydrogen-bond donors (Lipinski definition) is 3. The van der Waals surface area contributed by atoms with Gasteiger partial charge in [-0.15, -0.1) is 11.8 Å². The van der Waals surface area contributed by atoms with Crippen molar-refractivity contribution in [1.82, 2.24) is 15.2 Å². The predicted octanol–water partition coefficient (Wildman–Crippen LogP) is 4.63. The second-order valence-electron chi connectivity index (χ2n) is 10.5. The summed E-state index contributed by atoms with van der Waals surface area (Å²) in [6.45, 7) is 0. The van der Waals surface area contributed by atoms with Gasteiger partial charge in [0.25, 0.3) is 11.8 Å². The van der Waals surface area contributed by atoms with Crippen LogP contribution in [0.15, 0.2) is 107 Å². The third-order valence-corrected chi connectivity index (χ3v) is 11.5. The second kappa shape index (κ2) is 13.3. The van der Waals surface area contributed by atoms with Crippen molar-refractivity contribution in [3.05, 3.63) is 129 Å². The van der Waals surface area contributed by atoms with E-state index < -0.39 is 35.3 Å². The summed E-state index contributed by atoms with van der Waals surface area (Å²) in [6.07, 6.45) is 0. The molecule has 0 saturated carbocycles. The van der Waals surface area contributed by atoms with Crippen LogP contribution in [0.2, 0.25) is 0 Å². The number of rotatable bonds is 10. The fourth-order valence-electron chi connectivity index (χ4n) is 5.95. The fraction of sp³-hybridized carbons (Fsp3) is 0.182. The largest absolute Gasteiger partial charge is 0.477 e. The van der Waals surface area contributed by atoms with Crippen LogP contribution >= 0.6 is 45.7 Å². The highest BCUT2D eigenvalue weighted by Gasteiger charge is 2.54. The maximum Gasteiger partial charge on any atom is 0.353 e. The van der Waals surface area contributed by atoms with E-state index >= 15 is 0 Å². The lowest BCUT2D eigenvalue weighted by molar-refractivity contribution is -0.153. The van der Waals surface area contributed by atoms with Crippen LogP contribution in [0.4, 0.5) is 5.00 Å². The van der Waals surface area contributed by atoms with Crippen LogP contribution < -0.4 is 11.1 Å². The molecule has 2 aliphatic heterocycles. The molecule has 0 radical (unpaired) electrons. The number of fused-ring (bicyclic) bond motifs is 1. The molecule has 10 nitrogen and oxygen atoms in total. The summed E-state index contributed by atoms with van der Waals surface area (Å²) in [7, 11) is 1.31. The quantitative estimate of drug-likeness (QED) is 0.0529. The Labute approximate surface area is 286 Å². The zero-order chi connectivity index (χ0) is 32.4. The lowest BCUT2D eigenvalue weighted by atomic mass is 9.70. The van der Waals surface area contributed by atoms with E-state index in [-0.39, 0.29) is 22.1 Å². The van der Waals surface area contributed by atoms with E-state index in [2.05, 4.69) is 33.1 Å². The molecular formula is C33H28IN5O5S2. The van der Waals surface area contributed by atoms with Gasteiger partial charge in [0.05, 0.1) is 11.5 Å². The van der Waals surface area contributed by atoms with E-state index in [1.165, 1.54) is 35.1 Å². The maximum absolute atomic E-state index is 13.8. The molecule has 1 aromatic heterocycles. The average Bonchev–Trinajstić information content (AvgIpc) is 3.47. The number of halogens is 1. The Bertz CT molecular complexity index is 1750. The minimum Gasteiger partial charge on any atom is -0.477 e. The Kier molecular flexibility index (Phi) is 9.15. The summed E-state index contributed by atoms with van der Waals surface area (Å²) < 4.78 is 0.462. The molecule has 1 saturated heterocycles. The standard InChI is InChI=1S/C33H28IN5O5S2/c1-44-38-26(29(40)36-24-22-18-45-23(17-34)27(31(42)43)39(22)30(24)41)25-28(35)46-32(37-25)33(19-11-5-2-6-12-19,20-13-7-3-8-14-20)21-15-9-4-10-16-21/h2-16,22,24H,17-18,35H2,1H3,(H,36,40)(H,42,43)/t22-,24+/m1/s1. The van der Waals surface area contributed by atoms with Crippen LogP contribution in [0.1, 0.15) is 27.4 Å². The number of alkyl halides is 1. The molecule has 3 heterocycles. The molecule has 6 rings (SSSR count). The molecule has 0 unspecified atom stereocenters. The van der Waals surface area contributed by atoms with E-state index in [9.17, 15) is 19.5 Å². The number of thioether (sulfide) groups is 1. The Morgan fingerprint density at radius 2 is 1.59 bits per heavy atom. The molecule has 0 aliphatic carbocycles. The van der Waals surface area contributed by atoms with Crippen LogP contribution in [-0.4, -0.2) is 67.9 Å². The summed E-state index contributed by atoms with van der Waals surface area (Å²) in [6, 6.07) is 28.4. The van der Waals surface area contributed by atoms with Gasteiger partial charge in [0.2, 0.25) is 0 Å². The fourth-order valence-corrected chi connectivity index (χ4v) is 9.18. The number of nitrogen functional groups attached to an aromatic ring is 1. The minimum atomic E-state index is -1.18. The number of aliphatic carboxylic acids is 1. The molecule has 13 heteroatoms. The molecule has 3 aromatic carbocycles. The number of amides is 2. The van der Waals surface area contributed by atoms with Gasteiger partial charge >= 0.3 is 5.97 Å². The summed E-state index contributed by atoms with van der Waals surface area (Å²) in [5.74, 6) is -1.94. The molecule has 0 spiro atoms. The van der Waals surface area contributed by atoms with Gasteiger partial charge in [-0.05, 0) is 16.7 Å². The summed E-state index contributed by atoms with van der Waals surface area (Å²) >= 11 is 4.69. The number of aromatic nitrogens is 1. The number of carbonyl (C=O) groups excluding carboxylic acids is 2. The van der Waals surface area contributed by atoms with E-state index in [0.717, 1.165) is 16.7 Å². The summed E-state index contributed by atoms with van der Waals surface area (Å²) in [5.41, 5.74) is 8.47. The normalized spacial score (nSPS) is 18.1. The van der Waals surface area contributed by atoms with Gasteiger partial charge < -0.3 is 21.0 Å². The van der Waals surface area contributed by atoms with Crippen LogP contribution in [0.25, 0.3) is 0 Å². The monoisotopic (exact) mass is 765 g/mol. The maximum atomic E-state index is 13.8. The first-order valence-corrected chi connectivity index (χ1v) is 17.5. The Hall–Kier alpha value is -4.21. The lowest BCUT2D eigenvalue weighted by Gasteiger charge is -2.49. The van der Waals surface area contributed by atoms with Crippen molar-refractivity contribution >= 4 is 74.2 Å². The third-order valence-electron chi connectivity index (χ3n) is 7.98. The van der Waals surface area contributed by atoms with E-state index in [1.54, 1.807) is 0 Å². The van der Waals surface area contributed by atoms with Crippen LogP contribution in [0.3, 0.4) is 0 Å². The third kappa shape index (κ3) is 5.35. The number of β-lactam (4-membered cyclic amide) rings is 1. The zero-order valence-electron chi connectivity index (χ0n) is 24.4. The Morgan fingerprint density at radius 3 is 2.07 bits per heavy atom. The molecule has 234 valence electrons. The number of carboxylic acids is 1. The number of anilines is 1. The Balaban J connectivity index is 1.41. The van der Waals surface area contributed by atoms with Gasteiger partial charge in [0.1, 0.15) is 34.6 Å². The number of nitrogens with two attached hydrogens (primary N) is 1. The molecule has 4 aromatic rings. The molecule has 0 bridgehead atoms. The topological polar surface area (TPSA) is 147 Å². The summed E-state index contributed by atoms with van der Waals surface area (Å²) in [5, 5.41) is 17.4. The number of thiazole rings is 1. The highest BCUT2D eigenvalue weighted by molar-refractivity contribution is 14.1. The van der Waals surface area contributed by atoms with Crippen LogP contribution in [0.5, 0.6) is 0 Å². The van der Waals surface area contributed by atoms with Gasteiger partial charge in [-0.1, -0.05) is 130 Å². The number of allylic oxidation sites excluding steroid dienone is 1. The van der Waals surface area contributed by atoms with E-state index in [1.807, 2.05) is 91.0 Å². The minimum absolute atomic E-state index is 0.0376. The number of nitrogens with zero attached hydrogens (tertiary/aromatic N) is 3. The number of carbonyl (C=O) groups is 3. The SMILES string of the molecule is CON=C(C(=O)N[C@@H]1C(=O)N2C(C(=O)O)=C(CI)SC[C@H]12)c1nc(C(c2ccccc2)(c2ccccc2)c2ccccc2)sc1N. The molecule has 46 heavy (non-hydrogen) atoms. The molecular weight excluding hydrogens is 737 g/mol. The first kappa shape index (κ1) is 31.8. The second-order valence-corrected chi connectivity index (χ2v) is 13.4. The van der Waals surface area contributed by atoms with Crippen molar-refractivity contribution < 1.29 is 24.3 Å². The van der Waals surface area contributed by atoms with Gasteiger partial charge in [-0.25, -0.2) is 9.78 Å². The van der Waals surface area contributed by atoms with Gasteiger partial charge in [0, 0.05) is 15.1 Å². The van der Waals surface area contributed by atoms with Crippen molar-refractivity contribution in [2.24, 2.45) is 5.16 Å². The lowest BCUT2D eigenvalue weighted by Crippen LogP contribution is -2.73. The average molecular weight is 766 g/mol. The van der Waals surface area contributed by atoms with Gasteiger partial charge in [0.15, 0.2) is 5.71 Å². The highest BCUT2D eigenvalue weighted by Crippen LogP contribution is 2.47. The highest BCUT2D eigenvalue weighted by atomic mass is 127. The molecule has 2 atom stereocenters. The van der Waals surface area contributed by atoms with Crippen molar-refractivity contribution in [3.63, 3.8) is 0 Å². The summed E-state index contributed by atoms with van der Waals surface area (Å²) in [4.78, 5) is 50.9. The van der Waals surface area contributed by atoms with Gasteiger partial charge in [-0.2, -0.15) is 0 Å². The number of carboxylic acid groups (broad SMARTS) is 1.